The fourth-order valence-electron chi connectivity index (χ4n) is 2.15. The summed E-state index contributed by atoms with van der Waals surface area (Å²) in [6.45, 7) is 2.10. The third-order valence-electron chi connectivity index (χ3n) is 3.17. The Kier molecular flexibility index (Phi) is 3.76. The normalized spacial score (nSPS) is 11.0. The van der Waals surface area contributed by atoms with Crippen LogP contribution >= 0.6 is 11.3 Å². The SMILES string of the molecule is CCCc1ccc2c(N)c(C(=O)Nc3c[n+](C)no3)sc2n1. The first kappa shape index (κ1) is 14.5. The lowest BCUT2D eigenvalue weighted by Crippen LogP contribution is -2.28. The number of aromatic nitrogens is 3. The van der Waals surface area contributed by atoms with Crippen molar-refractivity contribution in [2.75, 3.05) is 11.1 Å². The van der Waals surface area contributed by atoms with E-state index in [1.807, 2.05) is 12.1 Å². The maximum Gasteiger partial charge on any atom is 0.302 e. The van der Waals surface area contributed by atoms with Gasteiger partial charge in [0.25, 0.3) is 12.1 Å². The van der Waals surface area contributed by atoms with Crippen LogP contribution in [0, 0.1) is 0 Å². The fraction of sp³-hybridized carbons (Fsp3) is 0.286. The molecular formula is C14H16N5O2S+. The molecule has 0 aromatic carbocycles. The first-order valence-corrected chi connectivity index (χ1v) is 7.72. The lowest BCUT2D eigenvalue weighted by atomic mass is 10.2. The van der Waals surface area contributed by atoms with E-state index < -0.39 is 0 Å². The van der Waals surface area contributed by atoms with Gasteiger partial charge in [-0.15, -0.1) is 11.3 Å². The zero-order valence-electron chi connectivity index (χ0n) is 12.3. The molecule has 3 rings (SSSR count). The van der Waals surface area contributed by atoms with E-state index in [2.05, 4.69) is 22.5 Å². The molecule has 0 aliphatic heterocycles. The number of nitrogen functional groups attached to an aromatic ring is 1. The lowest BCUT2D eigenvalue weighted by Gasteiger charge is -1.98. The summed E-state index contributed by atoms with van der Waals surface area (Å²) in [5, 5.41) is 7.09. The van der Waals surface area contributed by atoms with Crippen molar-refractivity contribution >= 4 is 39.0 Å². The molecule has 0 bridgehead atoms. The van der Waals surface area contributed by atoms with Crippen LogP contribution in [0.1, 0.15) is 28.7 Å². The van der Waals surface area contributed by atoms with E-state index >= 15 is 0 Å². The van der Waals surface area contributed by atoms with Gasteiger partial charge in [-0.1, -0.05) is 18.0 Å². The predicted molar refractivity (Wildman–Crippen MR) is 83.7 cm³/mol. The van der Waals surface area contributed by atoms with E-state index in [0.717, 1.165) is 28.8 Å². The van der Waals surface area contributed by atoms with E-state index in [0.29, 0.717) is 10.6 Å². The van der Waals surface area contributed by atoms with Gasteiger partial charge in [0.05, 0.1) is 5.69 Å². The van der Waals surface area contributed by atoms with Gasteiger partial charge in [-0.3, -0.25) is 14.6 Å². The smallest absolute Gasteiger partial charge is 0.302 e. The van der Waals surface area contributed by atoms with Crippen molar-refractivity contribution in [3.05, 3.63) is 28.9 Å². The van der Waals surface area contributed by atoms with Gasteiger partial charge >= 0.3 is 5.88 Å². The van der Waals surface area contributed by atoms with Crippen molar-refractivity contribution < 1.29 is 14.0 Å². The molecule has 0 aliphatic carbocycles. The molecule has 22 heavy (non-hydrogen) atoms. The van der Waals surface area contributed by atoms with Gasteiger partial charge in [-0.05, 0) is 18.6 Å². The topological polar surface area (TPSA) is 97.9 Å². The summed E-state index contributed by atoms with van der Waals surface area (Å²) < 4.78 is 6.41. The molecule has 0 saturated carbocycles. The second-order valence-electron chi connectivity index (χ2n) is 4.94. The summed E-state index contributed by atoms with van der Waals surface area (Å²) in [5.41, 5.74) is 7.53. The van der Waals surface area contributed by atoms with Crippen LogP contribution in [0.3, 0.4) is 0 Å². The molecule has 114 valence electrons. The number of nitrogens with zero attached hydrogens (tertiary/aromatic N) is 3. The molecule has 8 heteroatoms. The van der Waals surface area contributed by atoms with E-state index in [4.69, 9.17) is 10.3 Å². The molecule has 0 aliphatic rings. The van der Waals surface area contributed by atoms with Crippen molar-refractivity contribution in [2.24, 2.45) is 7.05 Å². The van der Waals surface area contributed by atoms with Gasteiger partial charge in [-0.2, -0.15) is 0 Å². The van der Waals surface area contributed by atoms with Gasteiger partial charge in [0.1, 0.15) is 9.71 Å². The number of anilines is 2. The number of amides is 1. The van der Waals surface area contributed by atoms with Gasteiger partial charge in [0.15, 0.2) is 12.3 Å². The summed E-state index contributed by atoms with van der Waals surface area (Å²) >= 11 is 1.28. The molecule has 3 N–H and O–H groups in total. The summed E-state index contributed by atoms with van der Waals surface area (Å²) in [6.07, 6.45) is 3.50. The Morgan fingerprint density at radius 1 is 1.50 bits per heavy atom. The number of hydrogen-bond donors (Lipinski definition) is 2. The summed E-state index contributed by atoms with van der Waals surface area (Å²) in [5.74, 6) is -0.0571. The minimum absolute atomic E-state index is 0.268. The monoisotopic (exact) mass is 318 g/mol. The van der Waals surface area contributed by atoms with Crippen LogP contribution in [-0.2, 0) is 13.5 Å². The van der Waals surface area contributed by atoms with Gasteiger partial charge in [0.2, 0.25) is 0 Å². The molecule has 0 fully saturated rings. The maximum absolute atomic E-state index is 12.3. The highest BCUT2D eigenvalue weighted by molar-refractivity contribution is 7.21. The van der Waals surface area contributed by atoms with Crippen molar-refractivity contribution in [2.45, 2.75) is 19.8 Å². The van der Waals surface area contributed by atoms with E-state index in [1.165, 1.54) is 16.0 Å². The number of carbonyl (C=O) groups is 1. The number of nitrogens with two attached hydrogens (primary N) is 1. The minimum Gasteiger partial charge on any atom is -0.397 e. The Bertz CT molecular complexity index is 839. The maximum atomic E-state index is 12.3. The average molecular weight is 318 g/mol. The molecule has 0 atom stereocenters. The number of fused-ring (bicyclic) bond motifs is 1. The quantitative estimate of drug-likeness (QED) is 0.716. The molecule has 3 aromatic heterocycles. The van der Waals surface area contributed by atoms with Crippen molar-refractivity contribution in [1.29, 1.82) is 0 Å². The minimum atomic E-state index is -0.325. The molecule has 7 nitrogen and oxygen atoms in total. The average Bonchev–Trinajstić information content (AvgIpc) is 3.03. The Hall–Kier alpha value is -2.48. The van der Waals surface area contributed by atoms with E-state index in [-0.39, 0.29) is 11.8 Å². The van der Waals surface area contributed by atoms with Crippen molar-refractivity contribution in [3.63, 3.8) is 0 Å². The molecule has 3 heterocycles. The van der Waals surface area contributed by atoms with E-state index in [9.17, 15) is 4.79 Å². The van der Waals surface area contributed by atoms with Gasteiger partial charge < -0.3 is 5.73 Å². The van der Waals surface area contributed by atoms with Crippen LogP contribution in [-0.4, -0.2) is 16.2 Å². The van der Waals surface area contributed by atoms with Crippen molar-refractivity contribution in [3.8, 4) is 0 Å². The third kappa shape index (κ3) is 2.64. The number of hydrogen-bond acceptors (Lipinski definition) is 6. The second kappa shape index (κ2) is 5.72. The van der Waals surface area contributed by atoms with Crippen LogP contribution in [0.15, 0.2) is 22.9 Å². The Morgan fingerprint density at radius 2 is 2.32 bits per heavy atom. The number of carbonyl (C=O) groups excluding carboxylic acids is 1. The summed E-state index contributed by atoms with van der Waals surface area (Å²) in [6, 6.07) is 3.87. The second-order valence-corrected chi connectivity index (χ2v) is 5.94. The first-order valence-electron chi connectivity index (χ1n) is 6.90. The molecule has 0 radical (unpaired) electrons. The summed E-state index contributed by atoms with van der Waals surface area (Å²) in [4.78, 5) is 18.1. The lowest BCUT2D eigenvalue weighted by molar-refractivity contribution is -0.739. The van der Waals surface area contributed by atoms with Crippen LogP contribution < -0.4 is 15.7 Å². The molecule has 0 spiro atoms. The highest BCUT2D eigenvalue weighted by Crippen LogP contribution is 2.33. The van der Waals surface area contributed by atoms with Crippen LogP contribution in [0.5, 0.6) is 0 Å². The Balaban J connectivity index is 1.92. The molecule has 1 amide bonds. The van der Waals surface area contributed by atoms with E-state index in [1.54, 1.807) is 13.2 Å². The Labute approximate surface area is 130 Å². The highest BCUT2D eigenvalue weighted by Gasteiger charge is 2.20. The van der Waals surface area contributed by atoms with Crippen LogP contribution in [0.2, 0.25) is 0 Å². The molecule has 3 aromatic rings. The number of thiophene rings is 1. The standard InChI is InChI=1S/C14H15N5O2S/c1-3-4-8-5-6-9-11(15)12(22-14(9)16-8)13(20)17-10-7-19(2)18-21-10/h5-7H,3-4H2,1-2H3,(H2-,15,17,18,20)/p+1. The molecular weight excluding hydrogens is 302 g/mol. The number of rotatable bonds is 4. The first-order chi connectivity index (χ1) is 10.6. The highest BCUT2D eigenvalue weighted by atomic mass is 32.1. The van der Waals surface area contributed by atoms with Gasteiger partial charge in [0, 0.05) is 11.1 Å². The predicted octanol–water partition coefficient (Wildman–Crippen LogP) is 1.90. The number of aryl methyl sites for hydroxylation is 2. The fourth-order valence-corrected chi connectivity index (χ4v) is 3.16. The summed E-state index contributed by atoms with van der Waals surface area (Å²) in [7, 11) is 1.70. The molecule has 0 unspecified atom stereocenters. The zero-order valence-corrected chi connectivity index (χ0v) is 13.1. The Morgan fingerprint density at radius 3 is 3.00 bits per heavy atom. The van der Waals surface area contributed by atoms with Crippen LogP contribution in [0.25, 0.3) is 10.2 Å². The van der Waals surface area contributed by atoms with Crippen molar-refractivity contribution in [1.82, 2.24) is 10.3 Å². The van der Waals surface area contributed by atoms with Crippen LogP contribution in [0.4, 0.5) is 11.6 Å². The molecule has 0 saturated heterocycles. The zero-order chi connectivity index (χ0) is 15.7. The largest absolute Gasteiger partial charge is 0.397 e. The number of pyridine rings is 1. The third-order valence-corrected chi connectivity index (χ3v) is 4.29. The van der Waals surface area contributed by atoms with Gasteiger partial charge in [-0.25, -0.2) is 4.98 Å². The number of nitrogens with one attached hydrogen (secondary N) is 1.